The van der Waals surface area contributed by atoms with E-state index in [-0.39, 0.29) is 6.61 Å². The Bertz CT molecular complexity index is 582. The fourth-order valence-electron chi connectivity index (χ4n) is 1.97. The zero-order chi connectivity index (χ0) is 16.2. The second-order valence-electron chi connectivity index (χ2n) is 4.67. The van der Waals surface area contributed by atoms with Crippen LogP contribution >= 0.6 is 0 Å². The lowest BCUT2D eigenvalue weighted by Crippen LogP contribution is -1.91. The van der Waals surface area contributed by atoms with Gasteiger partial charge in [-0.1, -0.05) is 54.6 Å². The molecule has 0 spiro atoms. The monoisotopic (exact) mass is 296 g/mol. The Morgan fingerprint density at radius 3 is 1.41 bits per heavy atom. The fraction of sp³-hybridized carbons (Fsp3) is 0.200. The number of hydrogen-bond donors (Lipinski definition) is 1. The van der Waals surface area contributed by atoms with E-state index in [0.717, 1.165) is 0 Å². The second kappa shape index (κ2) is 10.6. The summed E-state index contributed by atoms with van der Waals surface area (Å²) in [6.45, 7) is 5.82. The summed E-state index contributed by atoms with van der Waals surface area (Å²) in [7, 11) is 1.55. The molecule has 0 aliphatic carbocycles. The zero-order valence-electron chi connectivity index (χ0n) is 13.3. The summed E-state index contributed by atoms with van der Waals surface area (Å²) in [4.78, 5) is 0. The number of aliphatic hydroxyl groups is 1. The zero-order valence-corrected chi connectivity index (χ0v) is 13.3. The molecule has 3 aromatic carbocycles. The molecule has 3 rings (SSSR count). The van der Waals surface area contributed by atoms with Gasteiger partial charge in [-0.15, -0.1) is 6.58 Å². The number of methoxy groups -OCH3 is 1. The average Bonchev–Trinajstić information content (AvgIpc) is 2.55. The van der Waals surface area contributed by atoms with Crippen molar-refractivity contribution in [1.29, 1.82) is 0 Å². The van der Waals surface area contributed by atoms with Gasteiger partial charge in [-0.3, -0.25) is 0 Å². The van der Waals surface area contributed by atoms with E-state index in [1.807, 2.05) is 6.92 Å². The molecule has 1 N–H and O–H groups in total. The summed E-state index contributed by atoms with van der Waals surface area (Å²) in [5.74, 6) is 0. The second-order valence-corrected chi connectivity index (χ2v) is 4.67. The van der Waals surface area contributed by atoms with Gasteiger partial charge < -0.3 is 9.84 Å². The lowest BCUT2D eigenvalue weighted by molar-refractivity contribution is 0.135. The SMILES string of the molecule is C=CC.COCCO.c1ccc2cc3ccccc3cc2c1. The number of allylic oxidation sites excluding steroid dienone is 1. The van der Waals surface area contributed by atoms with Crippen LogP contribution in [0.15, 0.2) is 73.3 Å². The smallest absolute Gasteiger partial charge is 0.0693 e. The molecule has 0 saturated carbocycles. The molecule has 0 fully saturated rings. The minimum atomic E-state index is 0.122. The van der Waals surface area contributed by atoms with Crippen LogP contribution in [0.5, 0.6) is 0 Å². The van der Waals surface area contributed by atoms with Crippen molar-refractivity contribution in [3.63, 3.8) is 0 Å². The molecule has 22 heavy (non-hydrogen) atoms. The first kappa shape index (κ1) is 17.9. The molecular weight excluding hydrogens is 272 g/mol. The van der Waals surface area contributed by atoms with Crippen molar-refractivity contribution >= 4 is 21.5 Å². The highest BCUT2D eigenvalue weighted by molar-refractivity contribution is 5.98. The minimum absolute atomic E-state index is 0.122. The van der Waals surface area contributed by atoms with E-state index in [1.165, 1.54) is 21.5 Å². The normalized spacial score (nSPS) is 9.41. The molecule has 3 aromatic rings. The van der Waals surface area contributed by atoms with Crippen LogP contribution in [-0.2, 0) is 4.74 Å². The van der Waals surface area contributed by atoms with Crippen LogP contribution in [0.3, 0.4) is 0 Å². The van der Waals surface area contributed by atoms with Crippen LogP contribution < -0.4 is 0 Å². The Hall–Kier alpha value is -2.16. The third-order valence-corrected chi connectivity index (χ3v) is 2.91. The van der Waals surface area contributed by atoms with Crippen LogP contribution in [0.4, 0.5) is 0 Å². The number of rotatable bonds is 2. The predicted molar refractivity (Wildman–Crippen MR) is 96.3 cm³/mol. The summed E-state index contributed by atoms with van der Waals surface area (Å²) in [6, 6.07) is 21.4. The van der Waals surface area contributed by atoms with Gasteiger partial charge in [0.1, 0.15) is 0 Å². The van der Waals surface area contributed by atoms with E-state index >= 15 is 0 Å². The van der Waals surface area contributed by atoms with Gasteiger partial charge in [-0.2, -0.15) is 0 Å². The largest absolute Gasteiger partial charge is 0.394 e. The van der Waals surface area contributed by atoms with Gasteiger partial charge in [0.15, 0.2) is 0 Å². The molecule has 0 heterocycles. The van der Waals surface area contributed by atoms with Crippen molar-refractivity contribution in [3.8, 4) is 0 Å². The van der Waals surface area contributed by atoms with Crippen molar-refractivity contribution in [2.24, 2.45) is 0 Å². The predicted octanol–water partition coefficient (Wildman–Crippen LogP) is 4.81. The van der Waals surface area contributed by atoms with Crippen molar-refractivity contribution in [2.75, 3.05) is 20.3 Å². The lowest BCUT2D eigenvalue weighted by atomic mass is 10.0. The number of ether oxygens (including phenoxy) is 1. The Morgan fingerprint density at radius 2 is 1.23 bits per heavy atom. The van der Waals surface area contributed by atoms with E-state index in [9.17, 15) is 0 Å². The highest BCUT2D eigenvalue weighted by Crippen LogP contribution is 2.21. The summed E-state index contributed by atoms with van der Waals surface area (Å²) in [5, 5.41) is 13.2. The molecule has 0 bridgehead atoms. The summed E-state index contributed by atoms with van der Waals surface area (Å²) in [6.07, 6.45) is 1.75. The maximum atomic E-state index is 7.94. The molecule has 0 aromatic heterocycles. The Kier molecular flexibility index (Phi) is 8.58. The molecule has 2 heteroatoms. The molecule has 0 unspecified atom stereocenters. The quantitative estimate of drug-likeness (QED) is 0.543. The number of fused-ring (bicyclic) bond motifs is 2. The molecular formula is C20H24O2. The number of aliphatic hydroxyl groups excluding tert-OH is 1. The van der Waals surface area contributed by atoms with Crippen LogP contribution in [0.1, 0.15) is 6.92 Å². The average molecular weight is 296 g/mol. The topological polar surface area (TPSA) is 29.5 Å². The highest BCUT2D eigenvalue weighted by atomic mass is 16.5. The molecule has 0 amide bonds. The van der Waals surface area contributed by atoms with Crippen LogP contribution in [0, 0.1) is 0 Å². The fourth-order valence-corrected chi connectivity index (χ4v) is 1.97. The van der Waals surface area contributed by atoms with E-state index in [0.29, 0.717) is 6.61 Å². The summed E-state index contributed by atoms with van der Waals surface area (Å²) >= 11 is 0. The van der Waals surface area contributed by atoms with Crippen molar-refractivity contribution < 1.29 is 9.84 Å². The van der Waals surface area contributed by atoms with Crippen LogP contribution in [0.25, 0.3) is 21.5 Å². The molecule has 0 saturated heterocycles. The molecule has 2 nitrogen and oxygen atoms in total. The third-order valence-electron chi connectivity index (χ3n) is 2.91. The van der Waals surface area contributed by atoms with Gasteiger partial charge in [-0.05, 0) is 40.6 Å². The van der Waals surface area contributed by atoms with E-state index in [2.05, 4.69) is 72.0 Å². The Labute approximate surface area is 132 Å². The first-order valence-electron chi connectivity index (χ1n) is 7.31. The number of hydrogen-bond acceptors (Lipinski definition) is 2. The molecule has 0 aliphatic heterocycles. The van der Waals surface area contributed by atoms with Gasteiger partial charge in [0, 0.05) is 7.11 Å². The molecule has 116 valence electrons. The van der Waals surface area contributed by atoms with Gasteiger partial charge in [-0.25, -0.2) is 0 Å². The lowest BCUT2D eigenvalue weighted by Gasteiger charge is -2.00. The highest BCUT2D eigenvalue weighted by Gasteiger charge is 1.95. The van der Waals surface area contributed by atoms with Crippen molar-refractivity contribution in [1.82, 2.24) is 0 Å². The van der Waals surface area contributed by atoms with E-state index in [1.54, 1.807) is 13.2 Å². The first-order chi connectivity index (χ1) is 10.8. The first-order valence-corrected chi connectivity index (χ1v) is 7.31. The maximum Gasteiger partial charge on any atom is 0.0693 e. The maximum absolute atomic E-state index is 7.94. The Balaban J connectivity index is 0.000000257. The summed E-state index contributed by atoms with van der Waals surface area (Å²) in [5.41, 5.74) is 0. The molecule has 0 atom stereocenters. The Morgan fingerprint density at radius 1 is 0.909 bits per heavy atom. The number of benzene rings is 3. The standard InChI is InChI=1S/C14H10.C3H8O2.C3H6/c1-2-6-12-10-14-8-4-3-7-13(14)9-11(12)5-1;1-5-3-2-4;1-3-2/h1-10H;4H,2-3H2,1H3;3H,1H2,2H3. The molecule has 0 radical (unpaired) electrons. The van der Waals surface area contributed by atoms with Crippen molar-refractivity contribution in [2.45, 2.75) is 6.92 Å². The van der Waals surface area contributed by atoms with Crippen LogP contribution in [-0.4, -0.2) is 25.4 Å². The van der Waals surface area contributed by atoms with E-state index in [4.69, 9.17) is 5.11 Å². The summed E-state index contributed by atoms with van der Waals surface area (Å²) < 4.78 is 4.44. The van der Waals surface area contributed by atoms with Crippen molar-refractivity contribution in [3.05, 3.63) is 73.3 Å². The van der Waals surface area contributed by atoms with Gasteiger partial charge in [0.2, 0.25) is 0 Å². The van der Waals surface area contributed by atoms with Gasteiger partial charge >= 0.3 is 0 Å². The van der Waals surface area contributed by atoms with E-state index < -0.39 is 0 Å². The van der Waals surface area contributed by atoms with Crippen LogP contribution in [0.2, 0.25) is 0 Å². The molecule has 0 aliphatic rings. The van der Waals surface area contributed by atoms with Gasteiger partial charge in [0.25, 0.3) is 0 Å². The van der Waals surface area contributed by atoms with Gasteiger partial charge in [0.05, 0.1) is 13.2 Å². The third kappa shape index (κ3) is 5.68. The minimum Gasteiger partial charge on any atom is -0.394 e.